The van der Waals surface area contributed by atoms with Crippen LogP contribution < -0.4 is 44.7 Å². The topological polar surface area (TPSA) is 223 Å². The maximum atomic E-state index is 14.7. The quantitative estimate of drug-likeness (QED) is 0.124. The molecular weight excluding hydrogens is 787 g/mol. The number of amides is 1. The van der Waals surface area contributed by atoms with E-state index < -0.39 is 88.8 Å². The minimum atomic E-state index is -2.07. The zero-order valence-corrected chi connectivity index (χ0v) is 38.3. The summed E-state index contributed by atoms with van der Waals surface area (Å²) in [6.07, 6.45) is 4.70. The number of phenolic OH excluding ortho intramolecular Hbond substituents is 2. The molecule has 4 aliphatic rings. The second kappa shape index (κ2) is 19.7. The second-order valence-corrected chi connectivity index (χ2v) is 16.1. The van der Waals surface area contributed by atoms with Gasteiger partial charge in [-0.2, -0.15) is 5.10 Å². The monoisotopic (exact) mass is 844 g/mol. The number of hydrogen-bond acceptors (Lipinski definition) is 15. The van der Waals surface area contributed by atoms with Gasteiger partial charge in [-0.1, -0.05) is 51.7 Å². The number of likely N-dealkylation sites (N-methyl/N-ethyl adjacent to an activating group) is 1. The summed E-state index contributed by atoms with van der Waals surface area (Å²) in [6, 6.07) is 0. The van der Waals surface area contributed by atoms with Crippen LogP contribution in [0.4, 0.5) is 5.69 Å². The number of esters is 1. The number of hydrogen-bond donors (Lipinski definition) is 5. The number of benzene rings is 2. The summed E-state index contributed by atoms with van der Waals surface area (Å²) in [5.74, 6) is -8.84. The van der Waals surface area contributed by atoms with E-state index in [1.807, 2.05) is 7.05 Å². The number of hydrazone groups is 1. The summed E-state index contributed by atoms with van der Waals surface area (Å²) in [7, 11) is 3.40. The molecule has 2 aromatic rings. The molecule has 5 bridgehead atoms. The Morgan fingerprint density at radius 3 is 2.27 bits per heavy atom. The van der Waals surface area contributed by atoms with Crippen molar-refractivity contribution in [2.24, 2.45) is 28.8 Å². The summed E-state index contributed by atoms with van der Waals surface area (Å²) in [4.78, 5) is 42.6. The van der Waals surface area contributed by atoms with Gasteiger partial charge >= 0.3 is 41.3 Å². The Bertz CT molecular complexity index is 2080. The van der Waals surface area contributed by atoms with Crippen molar-refractivity contribution in [1.82, 2.24) is 9.91 Å². The van der Waals surface area contributed by atoms with Crippen LogP contribution in [-0.2, 0) is 23.8 Å². The number of allylic oxidation sites excluding steroid dienone is 2. The Balaban J connectivity index is 0.00000794. The van der Waals surface area contributed by atoms with Crippen LogP contribution in [0, 0.1) is 30.6 Å². The van der Waals surface area contributed by atoms with Gasteiger partial charge < -0.3 is 54.7 Å². The predicted molar refractivity (Wildman–Crippen MR) is 218 cm³/mol. The van der Waals surface area contributed by atoms with Crippen LogP contribution in [-0.4, -0.2) is 125 Å². The minimum absolute atomic E-state index is 0. The Labute approximate surface area is 372 Å². The molecule has 0 spiro atoms. The number of ketones is 1. The van der Waals surface area contributed by atoms with Crippen LogP contribution in [0.2, 0.25) is 0 Å². The maximum absolute atomic E-state index is 14.7. The molecule has 6 rings (SSSR count). The van der Waals surface area contributed by atoms with Crippen LogP contribution in [0.1, 0.15) is 70.0 Å². The van der Waals surface area contributed by atoms with Gasteiger partial charge in [0.05, 0.1) is 47.4 Å². The Morgan fingerprint density at radius 2 is 1.65 bits per heavy atom. The number of carbonyl (C=O) groups excluding carboxylic acids is 3. The molecule has 322 valence electrons. The predicted octanol–water partition coefficient (Wildman–Crippen LogP) is 0.707. The number of phenols is 2. The van der Waals surface area contributed by atoms with Crippen LogP contribution in [0.3, 0.4) is 0 Å². The SMILES string of the molecule is COC1C=COC2(C)Oc3c(C)c(O)c4c(O)c(c(C=NN5CCN(C)CC5)c([O-])c4c3C2=O)NC(=O)C(C)=CC=CC(C)C(O)C(C)C(O)C(C)C(OC(C)=O)C1C.[Na+]. The summed E-state index contributed by atoms with van der Waals surface area (Å²) in [5, 5.41) is 69.1. The fourth-order valence-electron chi connectivity index (χ4n) is 7.91. The molecule has 1 saturated heterocycles. The number of Topliss-reactive ketones (excluding diaryl/α,β-unsaturated/α-hetero) is 1. The average molecular weight is 845 g/mol. The van der Waals surface area contributed by atoms with Crippen LogP contribution in [0.15, 0.2) is 41.2 Å². The van der Waals surface area contributed by atoms with Crippen molar-refractivity contribution in [1.29, 1.82) is 0 Å². The molecule has 4 aliphatic heterocycles. The van der Waals surface area contributed by atoms with Crippen molar-refractivity contribution in [3.05, 3.63) is 52.8 Å². The van der Waals surface area contributed by atoms with E-state index in [-0.39, 0.29) is 74.0 Å². The van der Waals surface area contributed by atoms with Gasteiger partial charge in [0, 0.05) is 87.5 Å². The van der Waals surface area contributed by atoms with E-state index in [1.165, 1.54) is 59.4 Å². The van der Waals surface area contributed by atoms with E-state index in [0.717, 1.165) is 0 Å². The number of aromatic hydroxyl groups is 2. The van der Waals surface area contributed by atoms with Crippen LogP contribution in [0.5, 0.6) is 23.0 Å². The summed E-state index contributed by atoms with van der Waals surface area (Å²) < 4.78 is 23.5. The first-order valence-corrected chi connectivity index (χ1v) is 19.8. The first-order chi connectivity index (χ1) is 27.7. The number of methoxy groups -OCH3 is 1. The van der Waals surface area contributed by atoms with Gasteiger partial charge in [-0.25, -0.2) is 0 Å². The summed E-state index contributed by atoms with van der Waals surface area (Å²) in [6.45, 7) is 14.9. The third-order valence-electron chi connectivity index (χ3n) is 11.8. The van der Waals surface area contributed by atoms with E-state index in [9.17, 15) is 39.9 Å². The number of ether oxygens (including phenoxy) is 4. The normalized spacial score (nSPS) is 29.6. The van der Waals surface area contributed by atoms with E-state index in [1.54, 1.807) is 44.9 Å². The van der Waals surface area contributed by atoms with Crippen molar-refractivity contribution < 1.29 is 88.4 Å². The fraction of sp³-hybridized carbons (Fsp3) is 0.535. The molecule has 1 amide bonds. The zero-order valence-electron chi connectivity index (χ0n) is 36.3. The largest absolute Gasteiger partial charge is 1.00 e. The van der Waals surface area contributed by atoms with Gasteiger partial charge in [0.15, 0.2) is 5.75 Å². The zero-order chi connectivity index (χ0) is 43.7. The van der Waals surface area contributed by atoms with Crippen LogP contribution >= 0.6 is 0 Å². The van der Waals surface area contributed by atoms with Crippen molar-refractivity contribution in [2.45, 2.75) is 85.6 Å². The molecule has 60 heavy (non-hydrogen) atoms. The van der Waals surface area contributed by atoms with E-state index in [4.69, 9.17) is 18.9 Å². The number of aliphatic hydroxyl groups excluding tert-OH is 2. The minimum Gasteiger partial charge on any atom is -0.872 e. The van der Waals surface area contributed by atoms with Gasteiger partial charge in [-0.05, 0) is 32.4 Å². The molecule has 9 unspecified atom stereocenters. The third kappa shape index (κ3) is 9.65. The molecule has 0 aromatic heterocycles. The molecule has 0 saturated carbocycles. The molecule has 4 heterocycles. The van der Waals surface area contributed by atoms with Crippen molar-refractivity contribution in [3.8, 4) is 23.0 Å². The summed E-state index contributed by atoms with van der Waals surface area (Å²) in [5.41, 5.74) is -0.634. The van der Waals surface area contributed by atoms with Gasteiger partial charge in [0.25, 0.3) is 11.7 Å². The fourth-order valence-corrected chi connectivity index (χ4v) is 7.91. The number of piperazine rings is 1. The first kappa shape index (κ1) is 48.5. The molecule has 0 radical (unpaired) electrons. The van der Waals surface area contributed by atoms with Gasteiger partial charge in [-0.15, -0.1) is 0 Å². The third-order valence-corrected chi connectivity index (χ3v) is 11.8. The molecule has 0 aliphatic carbocycles. The number of nitrogens with one attached hydrogen (secondary N) is 1. The molecule has 17 heteroatoms. The number of anilines is 1. The maximum Gasteiger partial charge on any atom is 1.00 e. The first-order valence-electron chi connectivity index (χ1n) is 19.8. The van der Waals surface area contributed by atoms with E-state index in [0.29, 0.717) is 26.2 Å². The smallest absolute Gasteiger partial charge is 0.872 e. The number of carbonyl (C=O) groups is 3. The molecule has 5 N–H and O–H groups in total. The Hall–Kier alpha value is -4.16. The van der Waals surface area contributed by atoms with E-state index >= 15 is 0 Å². The molecular formula is C43H57N4NaO12. The molecule has 2 aromatic carbocycles. The Morgan fingerprint density at radius 1 is 1.00 bits per heavy atom. The number of nitrogens with zero attached hydrogens (tertiary/aromatic N) is 3. The van der Waals surface area contributed by atoms with E-state index in [2.05, 4.69) is 15.3 Å². The van der Waals surface area contributed by atoms with Gasteiger partial charge in [0.2, 0.25) is 0 Å². The Kier molecular flexibility index (Phi) is 15.9. The number of rotatable bonds is 4. The molecule has 1 fully saturated rings. The van der Waals surface area contributed by atoms with Crippen molar-refractivity contribution in [3.63, 3.8) is 0 Å². The standard InChI is InChI=1S/C43H58N4O12.Na/c1-21-12-11-13-22(2)42(55)45-33-28(20-44-47-17-15-46(9)16-18-47)37(52)30-31(38(33)53)36(51)26(6)40-32(30)41(54)43(8,59-40)57-19-14-29(56-10)23(3)39(58-27(7)48)25(5)35(50)24(4)34(21)49;/h11-14,19-21,23-25,29,34-35,39,49-53H,15-18H2,1-10H3,(H,45,55);/q;+1/p-1. The molecule has 9 atom stereocenters. The number of fused-ring (bicyclic) bond motifs is 14. The number of aliphatic hydroxyl groups is 2. The summed E-state index contributed by atoms with van der Waals surface area (Å²) >= 11 is 0. The van der Waals surface area contributed by atoms with Crippen LogP contribution in [0.25, 0.3) is 10.8 Å². The van der Waals surface area contributed by atoms with Gasteiger partial charge in [0.1, 0.15) is 17.6 Å². The van der Waals surface area contributed by atoms with Crippen molar-refractivity contribution >= 4 is 40.3 Å². The molecule has 16 nitrogen and oxygen atoms in total. The van der Waals surface area contributed by atoms with Crippen molar-refractivity contribution in [2.75, 3.05) is 45.7 Å². The van der Waals surface area contributed by atoms with Gasteiger partial charge in [-0.3, -0.25) is 19.4 Å². The second-order valence-electron chi connectivity index (χ2n) is 16.1. The average Bonchev–Trinajstić information content (AvgIpc) is 3.46.